The van der Waals surface area contributed by atoms with Gasteiger partial charge in [0.1, 0.15) is 11.5 Å². The molecule has 0 spiro atoms. The molecule has 0 saturated heterocycles. The highest BCUT2D eigenvalue weighted by Crippen LogP contribution is 2.17. The van der Waals surface area contributed by atoms with E-state index in [9.17, 15) is 18.8 Å². The van der Waals surface area contributed by atoms with Gasteiger partial charge < -0.3 is 15.8 Å². The quantitative estimate of drug-likeness (QED) is 0.416. The van der Waals surface area contributed by atoms with E-state index in [4.69, 9.17) is 5.73 Å². The number of aromatic amines is 1. The number of carbonyl (C=O) groups is 2. The van der Waals surface area contributed by atoms with Gasteiger partial charge in [0, 0.05) is 0 Å². The van der Waals surface area contributed by atoms with Crippen molar-refractivity contribution in [3.63, 3.8) is 0 Å². The Morgan fingerprint density at radius 3 is 2.75 bits per heavy atom. The first-order valence-electron chi connectivity index (χ1n) is 6.57. The smallest absolute Gasteiger partial charge is 0.316 e. The first kappa shape index (κ1) is 17.5. The van der Waals surface area contributed by atoms with Gasteiger partial charge in [-0.15, -0.1) is 0 Å². The summed E-state index contributed by atoms with van der Waals surface area (Å²) in [5.74, 6) is -2.39. The average molecular weight is 352 g/mol. The maximum Gasteiger partial charge on any atom is 0.316 e. The fourth-order valence-electron chi connectivity index (χ4n) is 1.67. The van der Waals surface area contributed by atoms with Crippen LogP contribution in [0.25, 0.3) is 0 Å². The number of nitrogens with two attached hydrogens (primary N) is 1. The number of methoxy groups -OCH3 is 1. The number of ether oxygens (including phenoxy) is 1. The third kappa shape index (κ3) is 4.10. The Hall–Kier alpha value is -2.88. The number of H-pyrrole nitrogens is 1. The molecule has 1 aromatic heterocycles. The van der Waals surface area contributed by atoms with Crippen molar-refractivity contribution in [2.45, 2.75) is 5.16 Å². The van der Waals surface area contributed by atoms with Crippen LogP contribution in [0.4, 0.5) is 15.9 Å². The summed E-state index contributed by atoms with van der Waals surface area (Å²) in [6, 6.07) is 5.30. The van der Waals surface area contributed by atoms with Crippen molar-refractivity contribution in [3.8, 4) is 0 Å². The number of hydrogen-bond acceptors (Lipinski definition) is 7. The molecule has 24 heavy (non-hydrogen) atoms. The Labute approximate surface area is 139 Å². The molecule has 8 nitrogen and oxygen atoms in total. The number of benzene rings is 1. The second-order valence-electron chi connectivity index (χ2n) is 4.43. The first-order chi connectivity index (χ1) is 11.4. The SMILES string of the molecule is COC(=O)CSc1nc(N)c(NC(=O)c2ccccc2F)c(=O)[nH]1. The Balaban J connectivity index is 2.20. The molecule has 4 N–H and O–H groups in total. The van der Waals surface area contributed by atoms with Crippen molar-refractivity contribution in [2.75, 3.05) is 23.9 Å². The summed E-state index contributed by atoms with van der Waals surface area (Å²) in [5.41, 5.74) is 4.40. The number of aromatic nitrogens is 2. The van der Waals surface area contributed by atoms with Gasteiger partial charge in [-0.05, 0) is 12.1 Å². The highest BCUT2D eigenvalue weighted by Gasteiger charge is 2.16. The van der Waals surface area contributed by atoms with Crippen LogP contribution in [0, 0.1) is 5.82 Å². The third-order valence-corrected chi connectivity index (χ3v) is 3.68. The van der Waals surface area contributed by atoms with Crippen LogP contribution in [-0.2, 0) is 9.53 Å². The van der Waals surface area contributed by atoms with E-state index in [0.29, 0.717) is 0 Å². The van der Waals surface area contributed by atoms with Crippen LogP contribution in [0.5, 0.6) is 0 Å². The predicted octanol–water partition coefficient (Wildman–Crippen LogP) is 1.01. The number of thioether (sulfide) groups is 1. The van der Waals surface area contributed by atoms with E-state index in [-0.39, 0.29) is 28.0 Å². The number of halogens is 1. The van der Waals surface area contributed by atoms with E-state index < -0.39 is 23.3 Å². The monoisotopic (exact) mass is 352 g/mol. The van der Waals surface area contributed by atoms with Gasteiger partial charge >= 0.3 is 5.97 Å². The van der Waals surface area contributed by atoms with Gasteiger partial charge in [0.25, 0.3) is 11.5 Å². The number of rotatable bonds is 5. The third-order valence-electron chi connectivity index (χ3n) is 2.84. The molecule has 0 aliphatic heterocycles. The summed E-state index contributed by atoms with van der Waals surface area (Å²) in [6.45, 7) is 0. The standard InChI is InChI=1S/C14H13FN4O4S/c1-23-9(20)6-24-14-18-11(16)10(13(22)19-14)17-12(21)7-4-2-3-5-8(7)15/h2-5H,6H2,1H3,(H,17,21)(H3,16,18,19,22). The Kier molecular flexibility index (Phi) is 5.53. The van der Waals surface area contributed by atoms with Gasteiger partial charge in [-0.25, -0.2) is 9.37 Å². The number of anilines is 2. The van der Waals surface area contributed by atoms with Crippen LogP contribution in [0.2, 0.25) is 0 Å². The molecule has 2 rings (SSSR count). The molecular formula is C14H13FN4O4S. The van der Waals surface area contributed by atoms with Crippen LogP contribution < -0.4 is 16.6 Å². The molecule has 0 unspecified atom stereocenters. The highest BCUT2D eigenvalue weighted by atomic mass is 32.2. The molecule has 0 atom stereocenters. The zero-order valence-electron chi connectivity index (χ0n) is 12.5. The van der Waals surface area contributed by atoms with E-state index in [2.05, 4.69) is 20.0 Å². The lowest BCUT2D eigenvalue weighted by molar-refractivity contribution is -0.137. The second kappa shape index (κ2) is 7.59. The molecule has 1 heterocycles. The number of nitrogens with one attached hydrogen (secondary N) is 2. The summed E-state index contributed by atoms with van der Waals surface area (Å²) in [4.78, 5) is 41.4. The number of nitrogens with zero attached hydrogens (tertiary/aromatic N) is 1. The topological polar surface area (TPSA) is 127 Å². The van der Waals surface area contributed by atoms with Gasteiger partial charge in [-0.2, -0.15) is 0 Å². The molecule has 0 fully saturated rings. The maximum absolute atomic E-state index is 13.6. The number of carbonyl (C=O) groups excluding carboxylic acids is 2. The van der Waals surface area contributed by atoms with Crippen LogP contribution >= 0.6 is 11.8 Å². The predicted molar refractivity (Wildman–Crippen MR) is 86.4 cm³/mol. The van der Waals surface area contributed by atoms with Crippen LogP contribution in [0.3, 0.4) is 0 Å². The van der Waals surface area contributed by atoms with Gasteiger partial charge in [-0.1, -0.05) is 23.9 Å². The van der Waals surface area contributed by atoms with E-state index in [0.717, 1.165) is 17.8 Å². The second-order valence-corrected chi connectivity index (χ2v) is 5.39. The van der Waals surface area contributed by atoms with Gasteiger partial charge in [-0.3, -0.25) is 19.4 Å². The first-order valence-corrected chi connectivity index (χ1v) is 7.56. The molecule has 0 aliphatic rings. The van der Waals surface area contributed by atoms with Crippen molar-refractivity contribution in [1.29, 1.82) is 0 Å². The molecule has 0 bridgehead atoms. The summed E-state index contributed by atoms with van der Waals surface area (Å²) >= 11 is 0.914. The molecule has 0 aliphatic carbocycles. The summed E-state index contributed by atoms with van der Waals surface area (Å²) in [6.07, 6.45) is 0. The minimum atomic E-state index is -0.831. The van der Waals surface area contributed by atoms with Gasteiger partial charge in [0.2, 0.25) is 0 Å². The van der Waals surface area contributed by atoms with Gasteiger partial charge in [0.15, 0.2) is 11.0 Å². The van der Waals surface area contributed by atoms with Crippen molar-refractivity contribution in [3.05, 3.63) is 46.0 Å². The van der Waals surface area contributed by atoms with Gasteiger partial charge in [0.05, 0.1) is 18.4 Å². The molecule has 1 amide bonds. The minimum absolute atomic E-state index is 0.0696. The lowest BCUT2D eigenvalue weighted by Crippen LogP contribution is -2.23. The van der Waals surface area contributed by atoms with E-state index in [1.54, 1.807) is 0 Å². The van der Waals surface area contributed by atoms with E-state index in [1.807, 2.05) is 0 Å². The zero-order chi connectivity index (χ0) is 17.7. The summed E-state index contributed by atoms with van der Waals surface area (Å²) in [5, 5.41) is 2.32. The van der Waals surface area contributed by atoms with Crippen molar-refractivity contribution >= 4 is 35.1 Å². The molecular weight excluding hydrogens is 339 g/mol. The molecule has 2 aromatic rings. The lowest BCUT2D eigenvalue weighted by Gasteiger charge is -2.08. The molecule has 1 aromatic carbocycles. The normalized spacial score (nSPS) is 10.2. The number of amides is 1. The Morgan fingerprint density at radius 2 is 2.12 bits per heavy atom. The maximum atomic E-state index is 13.6. The average Bonchev–Trinajstić information content (AvgIpc) is 2.56. The number of esters is 1. The fourth-order valence-corrected chi connectivity index (χ4v) is 2.37. The molecule has 0 saturated carbocycles. The number of hydrogen-bond donors (Lipinski definition) is 3. The molecule has 10 heteroatoms. The largest absolute Gasteiger partial charge is 0.468 e. The summed E-state index contributed by atoms with van der Waals surface area (Å²) < 4.78 is 18.0. The van der Waals surface area contributed by atoms with Crippen LogP contribution in [0.1, 0.15) is 10.4 Å². The van der Waals surface area contributed by atoms with Crippen molar-refractivity contribution in [1.82, 2.24) is 9.97 Å². The fraction of sp³-hybridized carbons (Fsp3) is 0.143. The van der Waals surface area contributed by atoms with E-state index in [1.165, 1.54) is 25.3 Å². The van der Waals surface area contributed by atoms with E-state index >= 15 is 0 Å². The lowest BCUT2D eigenvalue weighted by atomic mass is 10.2. The highest BCUT2D eigenvalue weighted by molar-refractivity contribution is 7.99. The Morgan fingerprint density at radius 1 is 1.42 bits per heavy atom. The number of nitrogen functional groups attached to an aromatic ring is 1. The van der Waals surface area contributed by atoms with Crippen molar-refractivity contribution < 1.29 is 18.7 Å². The minimum Gasteiger partial charge on any atom is -0.468 e. The Bertz CT molecular complexity index is 840. The summed E-state index contributed by atoms with van der Waals surface area (Å²) in [7, 11) is 1.23. The van der Waals surface area contributed by atoms with Crippen molar-refractivity contribution in [2.24, 2.45) is 0 Å². The van der Waals surface area contributed by atoms with Crippen LogP contribution in [0.15, 0.2) is 34.2 Å². The van der Waals surface area contributed by atoms with Crippen LogP contribution in [-0.4, -0.2) is 34.7 Å². The zero-order valence-corrected chi connectivity index (χ0v) is 13.3. The molecule has 126 valence electrons. The molecule has 0 radical (unpaired) electrons.